The summed E-state index contributed by atoms with van der Waals surface area (Å²) in [5, 5.41) is 0.942. The van der Waals surface area contributed by atoms with Gasteiger partial charge in [-0.1, -0.05) is 35.4 Å². The van der Waals surface area contributed by atoms with Gasteiger partial charge in [-0.15, -0.1) is 0 Å². The molecule has 0 unspecified atom stereocenters. The van der Waals surface area contributed by atoms with E-state index in [2.05, 4.69) is 15.8 Å². The van der Waals surface area contributed by atoms with E-state index in [1.165, 1.54) is 18.2 Å². The molecule has 0 spiro atoms. The largest absolute Gasteiger partial charge is 0.399 e. The Kier molecular flexibility index (Phi) is 7.34. The zero-order valence-corrected chi connectivity index (χ0v) is 19.3. The Balaban J connectivity index is 0.000000248. The van der Waals surface area contributed by atoms with Crippen LogP contribution in [0.15, 0.2) is 77.7 Å². The van der Waals surface area contributed by atoms with E-state index in [0.29, 0.717) is 16.9 Å². The lowest BCUT2D eigenvalue weighted by Crippen LogP contribution is -2.41. The number of nitrogens with one attached hydrogen (secondary N) is 3. The minimum absolute atomic E-state index is 0.0666. The second-order valence-corrected chi connectivity index (χ2v) is 9.02. The summed E-state index contributed by atoms with van der Waals surface area (Å²) in [6, 6.07) is 20.1. The van der Waals surface area contributed by atoms with Crippen molar-refractivity contribution in [3.8, 4) is 0 Å². The van der Waals surface area contributed by atoms with Gasteiger partial charge in [0.05, 0.1) is 4.90 Å². The van der Waals surface area contributed by atoms with Crippen molar-refractivity contribution in [2.45, 2.75) is 18.7 Å². The van der Waals surface area contributed by atoms with Gasteiger partial charge >= 0.3 is 0 Å². The zero-order valence-electron chi connectivity index (χ0n) is 18.5. The van der Waals surface area contributed by atoms with E-state index in [1.54, 1.807) is 36.4 Å². The van der Waals surface area contributed by atoms with Gasteiger partial charge in [0.25, 0.3) is 21.9 Å². The van der Waals surface area contributed by atoms with E-state index < -0.39 is 21.9 Å². The number of aromatic amines is 1. The van der Waals surface area contributed by atoms with Crippen molar-refractivity contribution in [3.63, 3.8) is 0 Å². The molecule has 2 amide bonds. The Bertz CT molecular complexity index is 1440. The Hall–Kier alpha value is -4.15. The summed E-state index contributed by atoms with van der Waals surface area (Å²) in [6.45, 7) is 3.83. The van der Waals surface area contributed by atoms with Crippen LogP contribution in [0.3, 0.4) is 0 Å². The van der Waals surface area contributed by atoms with Crippen LogP contribution in [-0.2, 0) is 10.1 Å². The van der Waals surface area contributed by atoms with Gasteiger partial charge in [0, 0.05) is 22.2 Å². The molecular formula is C24H24N4O5S. The second kappa shape index (κ2) is 10.2. The van der Waals surface area contributed by atoms with Crippen LogP contribution in [0.2, 0.25) is 0 Å². The van der Waals surface area contributed by atoms with Gasteiger partial charge in [0.15, 0.2) is 0 Å². The SMILES string of the molecule is Cc1ccc(S(=O)(=O)O)cc1.Cc1ccc2[nH]c(C(=O)NNC(=O)c3cccc(N)c3)cc2c1. The molecule has 0 saturated carbocycles. The number of carbonyl (C=O) groups is 2. The van der Waals surface area contributed by atoms with Gasteiger partial charge in [0.2, 0.25) is 0 Å². The molecule has 0 atom stereocenters. The number of anilines is 1. The summed E-state index contributed by atoms with van der Waals surface area (Å²) >= 11 is 0. The van der Waals surface area contributed by atoms with Crippen molar-refractivity contribution in [2.24, 2.45) is 0 Å². The van der Waals surface area contributed by atoms with Crippen LogP contribution in [0.1, 0.15) is 32.0 Å². The molecule has 0 bridgehead atoms. The fourth-order valence-electron chi connectivity index (χ4n) is 3.02. The van der Waals surface area contributed by atoms with Crippen molar-refractivity contribution in [1.82, 2.24) is 15.8 Å². The molecule has 0 saturated heterocycles. The predicted molar refractivity (Wildman–Crippen MR) is 130 cm³/mol. The number of aryl methyl sites for hydroxylation is 2. The third-order valence-electron chi connectivity index (χ3n) is 4.78. The molecule has 1 aromatic heterocycles. The van der Waals surface area contributed by atoms with Crippen LogP contribution in [0.25, 0.3) is 10.9 Å². The quantitative estimate of drug-likeness (QED) is 0.172. The summed E-state index contributed by atoms with van der Waals surface area (Å²) in [4.78, 5) is 27.0. The zero-order chi connectivity index (χ0) is 24.9. The highest BCUT2D eigenvalue weighted by Gasteiger charge is 2.12. The van der Waals surface area contributed by atoms with Gasteiger partial charge in [-0.25, -0.2) is 0 Å². The van der Waals surface area contributed by atoms with Crippen molar-refractivity contribution < 1.29 is 22.6 Å². The Morgan fingerprint density at radius 3 is 2.15 bits per heavy atom. The van der Waals surface area contributed by atoms with Crippen LogP contribution < -0.4 is 16.6 Å². The van der Waals surface area contributed by atoms with Crippen LogP contribution in [0.4, 0.5) is 5.69 Å². The second-order valence-electron chi connectivity index (χ2n) is 7.60. The molecular weight excluding hydrogens is 456 g/mol. The molecule has 6 N–H and O–H groups in total. The highest BCUT2D eigenvalue weighted by atomic mass is 32.2. The maximum absolute atomic E-state index is 12.1. The van der Waals surface area contributed by atoms with Gasteiger partial charge in [-0.3, -0.25) is 25.0 Å². The first-order valence-corrected chi connectivity index (χ1v) is 11.6. The number of carbonyl (C=O) groups excluding carboxylic acids is 2. The normalized spacial score (nSPS) is 10.8. The van der Waals surface area contributed by atoms with E-state index in [-0.39, 0.29) is 4.90 Å². The standard InChI is InChI=1S/C17H16N4O2.C7H8O3S/c1-10-5-6-14-12(7-10)9-15(19-14)17(23)21-20-16(22)11-3-2-4-13(18)8-11;1-6-2-4-7(5-3-6)11(8,9)10/h2-9,19H,18H2,1H3,(H,20,22)(H,21,23);2-5H,1H3,(H,8,9,10). The van der Waals surface area contributed by atoms with Crippen molar-refractivity contribution in [1.29, 1.82) is 0 Å². The smallest absolute Gasteiger partial charge is 0.294 e. The number of hydrazine groups is 1. The van der Waals surface area contributed by atoms with Crippen LogP contribution in [0.5, 0.6) is 0 Å². The topological polar surface area (TPSA) is 154 Å². The molecule has 4 rings (SSSR count). The van der Waals surface area contributed by atoms with Gasteiger partial charge < -0.3 is 10.7 Å². The molecule has 10 heteroatoms. The molecule has 0 aliphatic carbocycles. The Labute approximate surface area is 196 Å². The van der Waals surface area contributed by atoms with Gasteiger partial charge in [0.1, 0.15) is 5.69 Å². The minimum atomic E-state index is -4.02. The van der Waals surface area contributed by atoms with E-state index in [9.17, 15) is 18.0 Å². The lowest BCUT2D eigenvalue weighted by atomic mass is 10.2. The van der Waals surface area contributed by atoms with Crippen molar-refractivity contribution >= 4 is 38.5 Å². The minimum Gasteiger partial charge on any atom is -0.399 e. The van der Waals surface area contributed by atoms with E-state index in [0.717, 1.165) is 22.0 Å². The number of fused-ring (bicyclic) bond motifs is 1. The van der Waals surface area contributed by atoms with Crippen LogP contribution in [0, 0.1) is 13.8 Å². The highest BCUT2D eigenvalue weighted by Crippen LogP contribution is 2.16. The predicted octanol–water partition coefficient (Wildman–Crippen LogP) is 3.38. The summed E-state index contributed by atoms with van der Waals surface area (Å²) in [5.74, 6) is -0.853. The fraction of sp³-hybridized carbons (Fsp3) is 0.0833. The number of hydrogen-bond donors (Lipinski definition) is 5. The number of hydrogen-bond acceptors (Lipinski definition) is 5. The third kappa shape index (κ3) is 6.44. The third-order valence-corrected chi connectivity index (χ3v) is 5.65. The monoisotopic (exact) mass is 480 g/mol. The highest BCUT2D eigenvalue weighted by molar-refractivity contribution is 7.85. The van der Waals surface area contributed by atoms with E-state index in [4.69, 9.17) is 10.3 Å². The van der Waals surface area contributed by atoms with Crippen molar-refractivity contribution in [3.05, 3.63) is 95.2 Å². The number of benzene rings is 3. The lowest BCUT2D eigenvalue weighted by molar-refractivity contribution is 0.0844. The lowest BCUT2D eigenvalue weighted by Gasteiger charge is -2.06. The van der Waals surface area contributed by atoms with E-state index >= 15 is 0 Å². The summed E-state index contributed by atoms with van der Waals surface area (Å²) < 4.78 is 29.6. The van der Waals surface area contributed by atoms with Gasteiger partial charge in [-0.05, 0) is 62.4 Å². The number of amides is 2. The number of nitrogens with two attached hydrogens (primary N) is 1. The Morgan fingerprint density at radius 2 is 1.50 bits per heavy atom. The number of H-pyrrole nitrogens is 1. The fourth-order valence-corrected chi connectivity index (χ4v) is 3.50. The molecule has 0 aliphatic heterocycles. The molecule has 1 heterocycles. The first-order valence-electron chi connectivity index (χ1n) is 10.1. The average molecular weight is 481 g/mol. The maximum Gasteiger partial charge on any atom is 0.294 e. The molecule has 0 aliphatic rings. The average Bonchev–Trinajstić information content (AvgIpc) is 3.20. The van der Waals surface area contributed by atoms with Gasteiger partial charge in [-0.2, -0.15) is 8.42 Å². The maximum atomic E-state index is 12.1. The molecule has 0 fully saturated rings. The summed E-state index contributed by atoms with van der Waals surface area (Å²) in [5.41, 5.74) is 14.5. The first kappa shape index (κ1) is 24.5. The Morgan fingerprint density at radius 1 is 0.853 bits per heavy atom. The molecule has 34 heavy (non-hydrogen) atoms. The van der Waals surface area contributed by atoms with Crippen LogP contribution in [-0.4, -0.2) is 29.8 Å². The summed E-state index contributed by atoms with van der Waals surface area (Å²) in [6.07, 6.45) is 0. The number of nitrogen functional groups attached to an aromatic ring is 1. The molecule has 4 aromatic rings. The summed E-state index contributed by atoms with van der Waals surface area (Å²) in [7, 11) is -4.02. The number of rotatable bonds is 3. The van der Waals surface area contributed by atoms with Crippen LogP contribution >= 0.6 is 0 Å². The molecule has 3 aromatic carbocycles. The van der Waals surface area contributed by atoms with E-state index in [1.807, 2.05) is 32.0 Å². The first-order chi connectivity index (χ1) is 16.0. The molecule has 176 valence electrons. The number of aromatic nitrogens is 1. The molecule has 9 nitrogen and oxygen atoms in total. The van der Waals surface area contributed by atoms with Crippen molar-refractivity contribution in [2.75, 3.05) is 5.73 Å². The molecule has 0 radical (unpaired) electrons.